The van der Waals surface area contributed by atoms with Gasteiger partial charge in [-0.2, -0.15) is 0 Å². The van der Waals surface area contributed by atoms with Gasteiger partial charge in [-0.25, -0.2) is 0 Å². The molecule has 0 aliphatic carbocycles. The van der Waals surface area contributed by atoms with Gasteiger partial charge in [-0.3, -0.25) is 9.59 Å². The first kappa shape index (κ1) is 24.1. The number of aliphatic hydroxyl groups is 1. The molecule has 1 atom stereocenters. The number of hydrogen-bond acceptors (Lipinski definition) is 6. The van der Waals surface area contributed by atoms with Gasteiger partial charge in [0.25, 0.3) is 11.7 Å². The zero-order valence-electron chi connectivity index (χ0n) is 19.0. The second kappa shape index (κ2) is 11.3. The van der Waals surface area contributed by atoms with Gasteiger partial charge in [-0.05, 0) is 55.3 Å². The van der Waals surface area contributed by atoms with Crippen LogP contribution < -0.4 is 9.47 Å². The third kappa shape index (κ3) is 5.43. The largest absolute Gasteiger partial charge is 0.507 e. The van der Waals surface area contributed by atoms with Crippen LogP contribution in [0.5, 0.6) is 11.5 Å². The summed E-state index contributed by atoms with van der Waals surface area (Å²) in [7, 11) is 1.58. The molecular formula is C26H29NO6. The summed E-state index contributed by atoms with van der Waals surface area (Å²) in [5.74, 6) is -0.368. The highest BCUT2D eigenvalue weighted by Crippen LogP contribution is 2.40. The van der Waals surface area contributed by atoms with Crippen LogP contribution in [-0.4, -0.2) is 55.2 Å². The molecule has 1 fully saturated rings. The van der Waals surface area contributed by atoms with Crippen LogP contribution in [0.2, 0.25) is 0 Å². The SMILES string of the molecule is C=CCOc1ccc(C(O)=C2C(=O)C(=O)N(CCCOC)C2c2cccc(OCC)c2)cc1. The summed E-state index contributed by atoms with van der Waals surface area (Å²) in [6.07, 6.45) is 2.19. The average molecular weight is 452 g/mol. The Morgan fingerprint density at radius 2 is 1.88 bits per heavy atom. The molecule has 0 bridgehead atoms. The van der Waals surface area contributed by atoms with E-state index in [9.17, 15) is 14.7 Å². The molecule has 0 aromatic heterocycles. The molecule has 2 aromatic rings. The number of carbonyl (C=O) groups is 2. The summed E-state index contributed by atoms with van der Waals surface area (Å²) in [5.41, 5.74) is 1.15. The maximum Gasteiger partial charge on any atom is 0.295 e. The van der Waals surface area contributed by atoms with Crippen molar-refractivity contribution in [2.24, 2.45) is 0 Å². The summed E-state index contributed by atoms with van der Waals surface area (Å²) in [6.45, 7) is 7.09. The van der Waals surface area contributed by atoms with Crippen molar-refractivity contribution < 1.29 is 28.9 Å². The van der Waals surface area contributed by atoms with Crippen molar-refractivity contribution in [3.8, 4) is 11.5 Å². The van der Waals surface area contributed by atoms with Gasteiger partial charge >= 0.3 is 0 Å². The lowest BCUT2D eigenvalue weighted by atomic mass is 9.95. The van der Waals surface area contributed by atoms with Gasteiger partial charge in [0, 0.05) is 25.8 Å². The molecule has 1 heterocycles. The number of nitrogens with zero attached hydrogens (tertiary/aromatic N) is 1. The molecule has 1 aliphatic heterocycles. The van der Waals surface area contributed by atoms with E-state index in [2.05, 4.69) is 6.58 Å². The smallest absolute Gasteiger partial charge is 0.295 e. The minimum atomic E-state index is -0.737. The predicted molar refractivity (Wildman–Crippen MR) is 125 cm³/mol. The molecule has 1 unspecified atom stereocenters. The second-order valence-electron chi connectivity index (χ2n) is 7.47. The third-order valence-corrected chi connectivity index (χ3v) is 5.27. The Labute approximate surface area is 193 Å². The number of ether oxygens (including phenoxy) is 3. The topological polar surface area (TPSA) is 85.3 Å². The van der Waals surface area contributed by atoms with E-state index in [1.807, 2.05) is 19.1 Å². The van der Waals surface area contributed by atoms with Crippen LogP contribution in [-0.2, 0) is 14.3 Å². The maximum atomic E-state index is 13.1. The van der Waals surface area contributed by atoms with Crippen molar-refractivity contribution in [1.82, 2.24) is 4.90 Å². The van der Waals surface area contributed by atoms with Crippen LogP contribution in [0.4, 0.5) is 0 Å². The number of Topliss-reactive ketones (excluding diaryl/α,β-unsaturated/α-hetero) is 1. The molecule has 174 valence electrons. The van der Waals surface area contributed by atoms with E-state index in [1.165, 1.54) is 4.90 Å². The summed E-state index contributed by atoms with van der Waals surface area (Å²) >= 11 is 0. The first-order chi connectivity index (χ1) is 16.0. The van der Waals surface area contributed by atoms with Crippen LogP contribution in [0.3, 0.4) is 0 Å². The summed E-state index contributed by atoms with van der Waals surface area (Å²) in [5, 5.41) is 11.1. The monoisotopic (exact) mass is 451 g/mol. The molecule has 7 nitrogen and oxygen atoms in total. The molecule has 1 N–H and O–H groups in total. The van der Waals surface area contributed by atoms with E-state index in [0.717, 1.165) is 0 Å². The number of amides is 1. The van der Waals surface area contributed by atoms with E-state index in [-0.39, 0.29) is 11.3 Å². The minimum Gasteiger partial charge on any atom is -0.507 e. The van der Waals surface area contributed by atoms with Crippen LogP contribution in [0.1, 0.15) is 30.5 Å². The number of benzene rings is 2. The zero-order chi connectivity index (χ0) is 23.8. The van der Waals surface area contributed by atoms with E-state index in [4.69, 9.17) is 14.2 Å². The molecule has 1 saturated heterocycles. The molecule has 3 rings (SSSR count). The quantitative estimate of drug-likeness (QED) is 0.182. The van der Waals surface area contributed by atoms with Crippen LogP contribution in [0.25, 0.3) is 5.76 Å². The van der Waals surface area contributed by atoms with E-state index in [1.54, 1.807) is 49.6 Å². The highest BCUT2D eigenvalue weighted by Gasteiger charge is 2.45. The summed E-state index contributed by atoms with van der Waals surface area (Å²) in [6, 6.07) is 13.2. The fourth-order valence-electron chi connectivity index (χ4n) is 3.80. The van der Waals surface area contributed by atoms with Crippen molar-refractivity contribution in [1.29, 1.82) is 0 Å². The molecule has 0 saturated carbocycles. The third-order valence-electron chi connectivity index (χ3n) is 5.27. The van der Waals surface area contributed by atoms with Gasteiger partial charge < -0.3 is 24.2 Å². The number of likely N-dealkylation sites (tertiary alicyclic amines) is 1. The second-order valence-corrected chi connectivity index (χ2v) is 7.47. The standard InChI is InChI=1S/C26H29NO6/c1-4-15-33-20-12-10-18(11-13-20)24(28)22-23(19-8-6-9-21(17-19)32-5-2)27(14-7-16-31-3)26(30)25(22)29/h4,6,8-13,17,23,28H,1,5,7,14-16H2,2-3H3. The molecular weight excluding hydrogens is 422 g/mol. The van der Waals surface area contributed by atoms with Crippen molar-refractivity contribution in [2.75, 3.05) is 33.5 Å². The molecule has 33 heavy (non-hydrogen) atoms. The lowest BCUT2D eigenvalue weighted by Crippen LogP contribution is -2.31. The van der Waals surface area contributed by atoms with E-state index in [0.29, 0.717) is 55.4 Å². The van der Waals surface area contributed by atoms with Gasteiger partial charge in [0.05, 0.1) is 18.2 Å². The zero-order valence-corrected chi connectivity index (χ0v) is 19.0. The number of ketones is 1. The Balaban J connectivity index is 2.05. The van der Waals surface area contributed by atoms with Crippen molar-refractivity contribution in [2.45, 2.75) is 19.4 Å². The van der Waals surface area contributed by atoms with Crippen LogP contribution >= 0.6 is 0 Å². The van der Waals surface area contributed by atoms with Crippen LogP contribution in [0, 0.1) is 0 Å². The van der Waals surface area contributed by atoms with Gasteiger partial charge in [0.2, 0.25) is 0 Å². The highest BCUT2D eigenvalue weighted by atomic mass is 16.5. The Kier molecular flexibility index (Phi) is 8.27. The predicted octanol–water partition coefficient (Wildman–Crippen LogP) is 4.11. The molecule has 0 radical (unpaired) electrons. The Hall–Kier alpha value is -3.58. The first-order valence-electron chi connectivity index (χ1n) is 10.9. The number of methoxy groups -OCH3 is 1. The van der Waals surface area contributed by atoms with Crippen molar-refractivity contribution in [3.63, 3.8) is 0 Å². The van der Waals surface area contributed by atoms with Gasteiger partial charge in [-0.15, -0.1) is 0 Å². The fraction of sp³-hybridized carbons (Fsp3) is 0.308. The first-order valence-corrected chi connectivity index (χ1v) is 10.9. The summed E-state index contributed by atoms with van der Waals surface area (Å²) in [4.78, 5) is 27.5. The molecule has 1 aliphatic rings. The molecule has 2 aromatic carbocycles. The van der Waals surface area contributed by atoms with Gasteiger partial charge in [0.15, 0.2) is 0 Å². The van der Waals surface area contributed by atoms with E-state index >= 15 is 0 Å². The van der Waals surface area contributed by atoms with E-state index < -0.39 is 17.7 Å². The fourth-order valence-corrected chi connectivity index (χ4v) is 3.80. The molecule has 1 amide bonds. The van der Waals surface area contributed by atoms with Crippen molar-refractivity contribution >= 4 is 17.4 Å². The highest BCUT2D eigenvalue weighted by molar-refractivity contribution is 6.46. The average Bonchev–Trinajstić information content (AvgIpc) is 3.08. The maximum absolute atomic E-state index is 13.1. The minimum absolute atomic E-state index is 0.0471. The molecule has 0 spiro atoms. The van der Waals surface area contributed by atoms with Gasteiger partial charge in [0.1, 0.15) is 23.9 Å². The Morgan fingerprint density at radius 3 is 2.55 bits per heavy atom. The normalized spacial score (nSPS) is 17.3. The van der Waals surface area contributed by atoms with Gasteiger partial charge in [-0.1, -0.05) is 24.8 Å². The number of carbonyl (C=O) groups excluding carboxylic acids is 2. The molecule has 7 heteroatoms. The lowest BCUT2D eigenvalue weighted by molar-refractivity contribution is -0.140. The Bertz CT molecular complexity index is 1030. The number of rotatable bonds is 11. The lowest BCUT2D eigenvalue weighted by Gasteiger charge is -2.25. The van der Waals surface area contributed by atoms with Crippen molar-refractivity contribution in [3.05, 3.63) is 77.9 Å². The van der Waals surface area contributed by atoms with Crippen LogP contribution in [0.15, 0.2) is 66.8 Å². The number of hydrogen-bond donors (Lipinski definition) is 1. The summed E-state index contributed by atoms with van der Waals surface area (Å²) < 4.78 is 16.2. The Morgan fingerprint density at radius 1 is 1.12 bits per heavy atom. The number of aliphatic hydroxyl groups excluding tert-OH is 1.